The van der Waals surface area contributed by atoms with Crippen LogP contribution in [0.25, 0.3) is 0 Å². The van der Waals surface area contributed by atoms with Crippen LogP contribution in [0.2, 0.25) is 0 Å². The topological polar surface area (TPSA) is 96.5 Å². The second-order valence-electron chi connectivity index (χ2n) is 7.63. The summed E-state index contributed by atoms with van der Waals surface area (Å²) in [6, 6.07) is 13.0. The maximum atomic E-state index is 12.2. The first-order valence-corrected chi connectivity index (χ1v) is 10.7. The molecule has 0 saturated carbocycles. The highest BCUT2D eigenvalue weighted by atomic mass is 16.5. The van der Waals surface area contributed by atoms with Crippen LogP contribution in [0.15, 0.2) is 42.5 Å². The van der Waals surface area contributed by atoms with Crippen molar-refractivity contribution in [2.75, 3.05) is 17.2 Å². The van der Waals surface area contributed by atoms with Crippen LogP contribution in [0.5, 0.6) is 5.75 Å². The molecule has 0 bridgehead atoms. The van der Waals surface area contributed by atoms with Gasteiger partial charge in [0.25, 0.3) is 0 Å². The van der Waals surface area contributed by atoms with Crippen molar-refractivity contribution in [3.05, 3.63) is 53.6 Å². The second kappa shape index (κ2) is 10.6. The molecule has 1 aliphatic heterocycles. The molecule has 1 aliphatic rings. The van der Waals surface area contributed by atoms with Gasteiger partial charge in [-0.3, -0.25) is 14.4 Å². The fraction of sp³-hybridized carbons (Fsp3) is 0.375. The van der Waals surface area contributed by atoms with E-state index in [0.29, 0.717) is 38.7 Å². The number of benzene rings is 2. The summed E-state index contributed by atoms with van der Waals surface area (Å²) in [4.78, 5) is 35.1. The fourth-order valence-corrected chi connectivity index (χ4v) is 3.37. The zero-order chi connectivity index (χ0) is 22.2. The Morgan fingerprint density at radius 3 is 2.61 bits per heavy atom. The molecule has 3 amide bonds. The van der Waals surface area contributed by atoms with Crippen molar-refractivity contribution in [2.24, 2.45) is 0 Å². The maximum Gasteiger partial charge on any atom is 0.224 e. The Bertz CT molecular complexity index is 940. The van der Waals surface area contributed by atoms with Crippen LogP contribution in [-0.4, -0.2) is 24.3 Å². The zero-order valence-corrected chi connectivity index (χ0v) is 18.0. The fourth-order valence-electron chi connectivity index (χ4n) is 3.37. The molecule has 0 saturated heterocycles. The van der Waals surface area contributed by atoms with Crippen molar-refractivity contribution in [1.82, 2.24) is 5.32 Å². The van der Waals surface area contributed by atoms with Gasteiger partial charge in [0, 0.05) is 30.6 Å². The maximum absolute atomic E-state index is 12.2. The number of aryl methyl sites for hydroxylation is 1. The summed E-state index contributed by atoms with van der Waals surface area (Å²) in [5.41, 5.74) is 3.64. The number of carbonyl (C=O) groups excluding carboxylic acids is 3. The Kier molecular flexibility index (Phi) is 7.65. The Hall–Kier alpha value is -3.35. The van der Waals surface area contributed by atoms with Gasteiger partial charge >= 0.3 is 0 Å². The van der Waals surface area contributed by atoms with Crippen LogP contribution in [0.1, 0.15) is 56.7 Å². The number of carbonyl (C=O) groups is 3. The van der Waals surface area contributed by atoms with Gasteiger partial charge in [0.2, 0.25) is 17.7 Å². The number of ether oxygens (including phenoxy) is 1. The summed E-state index contributed by atoms with van der Waals surface area (Å²) in [6.07, 6.45) is 2.61. The lowest BCUT2D eigenvalue weighted by molar-refractivity contribution is -0.122. The minimum atomic E-state index is -0.125. The third kappa shape index (κ3) is 6.57. The number of hydrogen-bond acceptors (Lipinski definition) is 4. The van der Waals surface area contributed by atoms with Gasteiger partial charge in [0.05, 0.1) is 12.6 Å². The highest BCUT2D eigenvalue weighted by Crippen LogP contribution is 2.27. The monoisotopic (exact) mass is 423 g/mol. The van der Waals surface area contributed by atoms with E-state index in [0.717, 1.165) is 28.3 Å². The van der Waals surface area contributed by atoms with Crippen molar-refractivity contribution in [1.29, 1.82) is 0 Å². The molecule has 7 nitrogen and oxygen atoms in total. The lowest BCUT2D eigenvalue weighted by atomic mass is 10.0. The summed E-state index contributed by atoms with van der Waals surface area (Å²) in [5.74, 6) is 0.727. The minimum absolute atomic E-state index is 0.0292. The molecule has 2 aromatic carbocycles. The van der Waals surface area contributed by atoms with E-state index >= 15 is 0 Å². The standard InChI is InChI=1S/C24H29N3O4/c1-3-22(28)26-19-9-6-17(7-10-19)16(2)25-23(29)5-4-14-31-20-11-12-21-18(15-20)8-13-24(30)27-21/h6-7,9-12,15-16H,3-5,8,13-14H2,1-2H3,(H,25,29)(H,26,28)(H,27,30). The van der Waals surface area contributed by atoms with E-state index in [4.69, 9.17) is 4.74 Å². The number of amides is 3. The average Bonchev–Trinajstić information content (AvgIpc) is 2.77. The quantitative estimate of drug-likeness (QED) is 0.532. The first-order chi connectivity index (χ1) is 14.9. The van der Waals surface area contributed by atoms with Crippen molar-refractivity contribution in [2.45, 2.75) is 52.0 Å². The molecule has 0 spiro atoms. The third-order valence-corrected chi connectivity index (χ3v) is 5.18. The molecule has 1 atom stereocenters. The second-order valence-corrected chi connectivity index (χ2v) is 7.63. The van der Waals surface area contributed by atoms with E-state index in [1.165, 1.54) is 0 Å². The molecule has 1 unspecified atom stereocenters. The summed E-state index contributed by atoms with van der Waals surface area (Å²) in [7, 11) is 0. The Morgan fingerprint density at radius 2 is 1.87 bits per heavy atom. The molecule has 164 valence electrons. The molecule has 3 N–H and O–H groups in total. The molecule has 31 heavy (non-hydrogen) atoms. The van der Waals surface area contributed by atoms with E-state index in [2.05, 4.69) is 16.0 Å². The van der Waals surface area contributed by atoms with Crippen LogP contribution in [0, 0.1) is 0 Å². The lowest BCUT2D eigenvalue weighted by Gasteiger charge is -2.18. The molecular formula is C24H29N3O4. The Balaban J connectivity index is 1.39. The van der Waals surface area contributed by atoms with E-state index in [1.807, 2.05) is 49.4 Å². The van der Waals surface area contributed by atoms with E-state index in [9.17, 15) is 14.4 Å². The Morgan fingerprint density at radius 1 is 1.10 bits per heavy atom. The zero-order valence-electron chi connectivity index (χ0n) is 18.0. The first-order valence-electron chi connectivity index (χ1n) is 10.7. The SMILES string of the molecule is CCC(=O)Nc1ccc(C(C)NC(=O)CCCOc2ccc3c(c2)CCC(=O)N3)cc1. The number of anilines is 2. The van der Waals surface area contributed by atoms with Crippen LogP contribution in [0.3, 0.4) is 0 Å². The van der Waals surface area contributed by atoms with Crippen LogP contribution in [0.4, 0.5) is 11.4 Å². The molecule has 3 rings (SSSR count). The minimum Gasteiger partial charge on any atom is -0.494 e. The van der Waals surface area contributed by atoms with Crippen LogP contribution >= 0.6 is 0 Å². The van der Waals surface area contributed by atoms with Gasteiger partial charge in [0.1, 0.15) is 5.75 Å². The molecule has 0 fully saturated rings. The van der Waals surface area contributed by atoms with Gasteiger partial charge in [-0.15, -0.1) is 0 Å². The number of nitrogens with one attached hydrogen (secondary N) is 3. The number of rotatable bonds is 9. The normalized spacial score (nSPS) is 13.5. The number of hydrogen-bond donors (Lipinski definition) is 3. The highest BCUT2D eigenvalue weighted by molar-refractivity contribution is 5.94. The molecule has 7 heteroatoms. The molecular weight excluding hydrogens is 394 g/mol. The average molecular weight is 424 g/mol. The number of fused-ring (bicyclic) bond motifs is 1. The van der Waals surface area contributed by atoms with Crippen LogP contribution < -0.4 is 20.7 Å². The van der Waals surface area contributed by atoms with Crippen molar-refractivity contribution in [3.63, 3.8) is 0 Å². The third-order valence-electron chi connectivity index (χ3n) is 5.18. The van der Waals surface area contributed by atoms with Gasteiger partial charge in [0.15, 0.2) is 0 Å². The van der Waals surface area contributed by atoms with Gasteiger partial charge in [-0.1, -0.05) is 19.1 Å². The summed E-state index contributed by atoms with van der Waals surface area (Å²) in [6.45, 7) is 4.18. The van der Waals surface area contributed by atoms with Gasteiger partial charge in [-0.25, -0.2) is 0 Å². The van der Waals surface area contributed by atoms with Gasteiger partial charge in [-0.05, 0) is 61.2 Å². The Labute approximate surface area is 182 Å². The van der Waals surface area contributed by atoms with Crippen molar-refractivity contribution >= 4 is 29.1 Å². The van der Waals surface area contributed by atoms with Gasteiger partial charge < -0.3 is 20.7 Å². The highest BCUT2D eigenvalue weighted by Gasteiger charge is 2.15. The molecule has 2 aromatic rings. The largest absolute Gasteiger partial charge is 0.494 e. The molecule has 1 heterocycles. The summed E-state index contributed by atoms with van der Waals surface area (Å²) >= 11 is 0. The van der Waals surface area contributed by atoms with Crippen molar-refractivity contribution < 1.29 is 19.1 Å². The predicted octanol–water partition coefficient (Wildman–Crippen LogP) is 3.96. The van der Waals surface area contributed by atoms with E-state index < -0.39 is 0 Å². The lowest BCUT2D eigenvalue weighted by Crippen LogP contribution is -2.26. The molecule has 0 radical (unpaired) electrons. The van der Waals surface area contributed by atoms with Gasteiger partial charge in [-0.2, -0.15) is 0 Å². The summed E-state index contributed by atoms with van der Waals surface area (Å²) in [5, 5.41) is 8.64. The first kappa shape index (κ1) is 22.3. The molecule has 0 aliphatic carbocycles. The summed E-state index contributed by atoms with van der Waals surface area (Å²) < 4.78 is 5.77. The smallest absolute Gasteiger partial charge is 0.224 e. The van der Waals surface area contributed by atoms with E-state index in [-0.39, 0.29) is 23.8 Å². The van der Waals surface area contributed by atoms with E-state index in [1.54, 1.807) is 6.92 Å². The van der Waals surface area contributed by atoms with Crippen molar-refractivity contribution in [3.8, 4) is 5.75 Å². The molecule has 0 aromatic heterocycles. The predicted molar refractivity (Wildman–Crippen MR) is 120 cm³/mol. The van der Waals surface area contributed by atoms with Crippen LogP contribution in [-0.2, 0) is 20.8 Å².